The molecule has 6 nitrogen and oxygen atoms in total. The van der Waals surface area contributed by atoms with Crippen molar-refractivity contribution in [2.75, 3.05) is 0 Å². The fraction of sp³-hybridized carbons (Fsp3) is 0.0435. The number of fused-ring (bicyclic) bond motifs is 1. The molecule has 0 spiro atoms. The number of pyridine rings is 1. The Balaban J connectivity index is 2.14. The lowest BCUT2D eigenvalue weighted by molar-refractivity contribution is -0.384. The van der Waals surface area contributed by atoms with Crippen LogP contribution in [0, 0.1) is 15.9 Å². The molecule has 148 valence electrons. The Hall–Kier alpha value is -4.13. The molecule has 0 atom stereocenters. The smallest absolute Gasteiger partial charge is 0.270 e. The number of aromatic nitrogens is 1. The number of benzene rings is 3. The standard InChI is InChI=1S/C23H15FN2O4/c24-16-8-6-15(7-9-16)23-19(13-21(27)28)22(14-4-2-1-3-5-14)18-12-17(26(29)30)10-11-20(18)25-23/h1-12H,13H2,(H,27,28)/p-1. The van der Waals surface area contributed by atoms with E-state index >= 15 is 0 Å². The quantitative estimate of drug-likeness (QED) is 0.373. The summed E-state index contributed by atoms with van der Waals surface area (Å²) in [6.45, 7) is 0. The van der Waals surface area contributed by atoms with Gasteiger partial charge in [-0.1, -0.05) is 30.3 Å². The van der Waals surface area contributed by atoms with Gasteiger partial charge in [-0.25, -0.2) is 9.37 Å². The van der Waals surface area contributed by atoms with Crippen LogP contribution in [0.15, 0.2) is 72.8 Å². The third-order valence-electron chi connectivity index (χ3n) is 4.78. The van der Waals surface area contributed by atoms with Crippen LogP contribution in [0.2, 0.25) is 0 Å². The molecule has 0 amide bonds. The average molecular weight is 401 g/mol. The Bertz CT molecular complexity index is 1270. The summed E-state index contributed by atoms with van der Waals surface area (Å²) in [4.78, 5) is 27.0. The van der Waals surface area contributed by atoms with E-state index in [-0.39, 0.29) is 5.69 Å². The molecule has 0 aliphatic heterocycles. The Labute approximate surface area is 170 Å². The number of nitrogens with zero attached hydrogens (tertiary/aromatic N) is 2. The number of aliphatic carboxylic acids is 1. The maximum atomic E-state index is 13.4. The summed E-state index contributed by atoms with van der Waals surface area (Å²) < 4.78 is 13.4. The molecule has 0 aliphatic carbocycles. The number of halogens is 1. The van der Waals surface area contributed by atoms with Crippen LogP contribution in [0.1, 0.15) is 5.56 Å². The first-order chi connectivity index (χ1) is 14.4. The van der Waals surface area contributed by atoms with E-state index in [1.807, 2.05) is 6.07 Å². The minimum absolute atomic E-state index is 0.129. The topological polar surface area (TPSA) is 96.2 Å². The molecule has 0 saturated carbocycles. The monoisotopic (exact) mass is 401 g/mol. The van der Waals surface area contributed by atoms with E-state index in [0.717, 1.165) is 0 Å². The summed E-state index contributed by atoms with van der Waals surface area (Å²) in [6.07, 6.45) is -0.456. The van der Waals surface area contributed by atoms with Crippen LogP contribution in [0.25, 0.3) is 33.3 Å². The lowest BCUT2D eigenvalue weighted by Gasteiger charge is -2.18. The van der Waals surface area contributed by atoms with Gasteiger partial charge in [-0.05, 0) is 47.0 Å². The van der Waals surface area contributed by atoms with Crippen LogP contribution in [-0.4, -0.2) is 15.9 Å². The third kappa shape index (κ3) is 3.60. The number of nitro benzene ring substituents is 1. The van der Waals surface area contributed by atoms with Crippen molar-refractivity contribution >= 4 is 22.6 Å². The van der Waals surface area contributed by atoms with Gasteiger partial charge in [-0.2, -0.15) is 0 Å². The Morgan fingerprint density at radius 2 is 1.67 bits per heavy atom. The summed E-state index contributed by atoms with van der Waals surface area (Å²) in [5.41, 5.74) is 2.78. The van der Waals surface area contributed by atoms with Crippen LogP contribution in [-0.2, 0) is 11.2 Å². The van der Waals surface area contributed by atoms with E-state index in [4.69, 9.17) is 0 Å². The molecule has 7 heteroatoms. The maximum absolute atomic E-state index is 13.4. The van der Waals surface area contributed by atoms with Gasteiger partial charge >= 0.3 is 0 Å². The van der Waals surface area contributed by atoms with Gasteiger partial charge < -0.3 is 9.90 Å². The molecule has 0 saturated heterocycles. The van der Waals surface area contributed by atoms with Crippen molar-refractivity contribution in [3.05, 3.63) is 94.3 Å². The van der Waals surface area contributed by atoms with Crippen molar-refractivity contribution in [3.8, 4) is 22.4 Å². The highest BCUT2D eigenvalue weighted by Crippen LogP contribution is 2.38. The van der Waals surface area contributed by atoms with Crippen LogP contribution in [0.4, 0.5) is 10.1 Å². The van der Waals surface area contributed by atoms with Crippen molar-refractivity contribution in [1.29, 1.82) is 0 Å². The van der Waals surface area contributed by atoms with E-state index in [0.29, 0.717) is 38.9 Å². The SMILES string of the molecule is O=C([O-])Cc1c(-c2ccc(F)cc2)nc2ccc([N+](=O)[O-])cc2c1-c1ccccc1. The van der Waals surface area contributed by atoms with Gasteiger partial charge in [-0.15, -0.1) is 0 Å². The number of nitro groups is 1. The van der Waals surface area contributed by atoms with Gasteiger partial charge in [0.2, 0.25) is 0 Å². The van der Waals surface area contributed by atoms with Gasteiger partial charge in [0.15, 0.2) is 0 Å². The second-order valence-electron chi connectivity index (χ2n) is 6.69. The predicted octanol–water partition coefficient (Wildman–Crippen LogP) is 3.91. The fourth-order valence-electron chi connectivity index (χ4n) is 3.50. The molecule has 0 radical (unpaired) electrons. The van der Waals surface area contributed by atoms with E-state index in [1.54, 1.807) is 24.3 Å². The Kier molecular flexibility index (Phi) is 4.93. The molecule has 30 heavy (non-hydrogen) atoms. The van der Waals surface area contributed by atoms with E-state index in [2.05, 4.69) is 4.98 Å². The number of carbonyl (C=O) groups is 1. The molecule has 4 aromatic rings. The number of rotatable bonds is 5. The van der Waals surface area contributed by atoms with Crippen molar-refractivity contribution < 1.29 is 19.2 Å². The van der Waals surface area contributed by atoms with Gasteiger partial charge in [0.1, 0.15) is 5.82 Å². The molecule has 3 aromatic carbocycles. The maximum Gasteiger partial charge on any atom is 0.270 e. The Morgan fingerprint density at radius 3 is 2.30 bits per heavy atom. The number of carboxylic acid groups (broad SMARTS) is 1. The minimum Gasteiger partial charge on any atom is -0.550 e. The fourth-order valence-corrected chi connectivity index (χ4v) is 3.50. The van der Waals surface area contributed by atoms with Crippen molar-refractivity contribution in [1.82, 2.24) is 4.98 Å². The van der Waals surface area contributed by atoms with Crippen molar-refractivity contribution in [2.45, 2.75) is 6.42 Å². The molecular weight excluding hydrogens is 387 g/mol. The molecule has 0 fully saturated rings. The number of carbonyl (C=O) groups excluding carboxylic acids is 1. The van der Waals surface area contributed by atoms with Crippen LogP contribution in [0.3, 0.4) is 0 Å². The highest BCUT2D eigenvalue weighted by molar-refractivity contribution is 6.01. The van der Waals surface area contributed by atoms with Crippen molar-refractivity contribution in [3.63, 3.8) is 0 Å². The lowest BCUT2D eigenvalue weighted by Crippen LogP contribution is -2.25. The lowest BCUT2D eigenvalue weighted by atomic mass is 9.90. The molecule has 4 rings (SSSR count). The number of carboxylic acids is 1. The van der Waals surface area contributed by atoms with Gasteiger partial charge in [-0.3, -0.25) is 10.1 Å². The molecule has 0 unspecified atom stereocenters. The highest BCUT2D eigenvalue weighted by Gasteiger charge is 2.20. The summed E-state index contributed by atoms with van der Waals surface area (Å²) in [5.74, 6) is -1.75. The molecule has 0 N–H and O–H groups in total. The number of non-ortho nitro benzene ring substituents is 1. The predicted molar refractivity (Wildman–Crippen MR) is 108 cm³/mol. The largest absolute Gasteiger partial charge is 0.550 e. The van der Waals surface area contributed by atoms with E-state index in [9.17, 15) is 24.4 Å². The van der Waals surface area contributed by atoms with Crippen molar-refractivity contribution in [2.24, 2.45) is 0 Å². The van der Waals surface area contributed by atoms with Gasteiger partial charge in [0, 0.05) is 35.5 Å². The zero-order valence-electron chi connectivity index (χ0n) is 15.5. The summed E-state index contributed by atoms with van der Waals surface area (Å²) >= 11 is 0. The molecule has 1 heterocycles. The highest BCUT2D eigenvalue weighted by atomic mass is 19.1. The Morgan fingerprint density at radius 1 is 0.967 bits per heavy atom. The normalized spacial score (nSPS) is 10.8. The number of hydrogen-bond acceptors (Lipinski definition) is 5. The molecule has 0 aliphatic rings. The summed E-state index contributed by atoms with van der Waals surface area (Å²) in [7, 11) is 0. The number of hydrogen-bond donors (Lipinski definition) is 0. The van der Waals surface area contributed by atoms with Gasteiger partial charge in [0.05, 0.1) is 16.1 Å². The second kappa shape index (κ2) is 7.71. The van der Waals surface area contributed by atoms with Crippen LogP contribution >= 0.6 is 0 Å². The zero-order chi connectivity index (χ0) is 21.3. The first-order valence-electron chi connectivity index (χ1n) is 9.06. The average Bonchev–Trinajstić information content (AvgIpc) is 2.73. The zero-order valence-corrected chi connectivity index (χ0v) is 15.5. The van der Waals surface area contributed by atoms with Crippen LogP contribution < -0.4 is 5.11 Å². The summed E-state index contributed by atoms with van der Waals surface area (Å²) in [5, 5.41) is 23.4. The molecule has 1 aromatic heterocycles. The minimum atomic E-state index is -1.32. The van der Waals surface area contributed by atoms with E-state index < -0.39 is 23.1 Å². The third-order valence-corrected chi connectivity index (χ3v) is 4.78. The first kappa shape index (κ1) is 19.2. The van der Waals surface area contributed by atoms with E-state index in [1.165, 1.54) is 42.5 Å². The first-order valence-corrected chi connectivity index (χ1v) is 9.06. The molecular formula is C23H14FN2O4-. The summed E-state index contributed by atoms with van der Waals surface area (Å²) in [6, 6.07) is 18.8. The second-order valence-corrected chi connectivity index (χ2v) is 6.69. The molecule has 0 bridgehead atoms. The van der Waals surface area contributed by atoms with Gasteiger partial charge in [0.25, 0.3) is 5.69 Å². The van der Waals surface area contributed by atoms with Crippen LogP contribution in [0.5, 0.6) is 0 Å².